The van der Waals surface area contributed by atoms with Crippen LogP contribution in [0.3, 0.4) is 0 Å². The highest BCUT2D eigenvalue weighted by atomic mass is 35.5. The number of fused-ring (bicyclic) bond motifs is 1. The van der Waals surface area contributed by atoms with Gasteiger partial charge in [-0.1, -0.05) is 18.0 Å². The van der Waals surface area contributed by atoms with Crippen LogP contribution in [0.15, 0.2) is 18.2 Å². The van der Waals surface area contributed by atoms with Crippen molar-refractivity contribution in [1.82, 2.24) is 14.5 Å². The molecular formula is C14H18ClN3S. The second-order valence-electron chi connectivity index (χ2n) is 5.33. The zero-order valence-corrected chi connectivity index (χ0v) is 12.6. The van der Waals surface area contributed by atoms with Gasteiger partial charge in [-0.15, -0.1) is 0 Å². The zero-order chi connectivity index (χ0) is 13.4. The van der Waals surface area contributed by atoms with E-state index < -0.39 is 0 Å². The van der Waals surface area contributed by atoms with Crippen molar-refractivity contribution in [2.45, 2.75) is 31.8 Å². The van der Waals surface area contributed by atoms with Gasteiger partial charge in [-0.25, -0.2) is 0 Å². The minimum Gasteiger partial charge on any atom is -0.331 e. The van der Waals surface area contributed by atoms with Gasteiger partial charge in [-0.3, -0.25) is 0 Å². The van der Waals surface area contributed by atoms with Crippen LogP contribution in [-0.2, 0) is 6.54 Å². The molecule has 1 aliphatic heterocycles. The average molecular weight is 296 g/mol. The van der Waals surface area contributed by atoms with Gasteiger partial charge in [0.25, 0.3) is 0 Å². The molecule has 0 bridgehead atoms. The number of H-pyrrole nitrogens is 1. The van der Waals surface area contributed by atoms with E-state index >= 15 is 0 Å². The second-order valence-corrected chi connectivity index (χ2v) is 6.16. The predicted molar refractivity (Wildman–Crippen MR) is 82.4 cm³/mol. The van der Waals surface area contributed by atoms with Crippen LogP contribution in [0.5, 0.6) is 0 Å². The molecule has 102 valence electrons. The maximum atomic E-state index is 6.02. The van der Waals surface area contributed by atoms with Gasteiger partial charge in [-0.2, -0.15) is 0 Å². The minimum atomic E-state index is 0.579. The minimum absolute atomic E-state index is 0.579. The van der Waals surface area contributed by atoms with Crippen molar-refractivity contribution >= 4 is 34.9 Å². The number of imidazole rings is 1. The van der Waals surface area contributed by atoms with Gasteiger partial charge in [-0.05, 0) is 56.9 Å². The molecule has 3 rings (SSSR count). The molecule has 1 atom stereocenters. The fourth-order valence-corrected chi connectivity index (χ4v) is 3.36. The summed E-state index contributed by atoms with van der Waals surface area (Å²) in [7, 11) is 2.21. The van der Waals surface area contributed by atoms with Crippen LogP contribution in [-0.4, -0.2) is 34.1 Å². The van der Waals surface area contributed by atoms with Crippen LogP contribution in [0.25, 0.3) is 11.0 Å². The van der Waals surface area contributed by atoms with Crippen LogP contribution in [0.4, 0.5) is 0 Å². The van der Waals surface area contributed by atoms with Crippen LogP contribution in [0.1, 0.15) is 19.3 Å². The lowest BCUT2D eigenvalue weighted by atomic mass is 10.0. The van der Waals surface area contributed by atoms with Gasteiger partial charge in [0.05, 0.1) is 11.0 Å². The van der Waals surface area contributed by atoms with Crippen molar-refractivity contribution < 1.29 is 0 Å². The van der Waals surface area contributed by atoms with Crippen molar-refractivity contribution in [3.8, 4) is 0 Å². The summed E-state index contributed by atoms with van der Waals surface area (Å²) in [6.45, 7) is 2.14. The fraction of sp³-hybridized carbons (Fsp3) is 0.500. The zero-order valence-electron chi connectivity index (χ0n) is 11.0. The molecule has 1 aromatic heterocycles. The molecule has 5 heteroatoms. The van der Waals surface area contributed by atoms with E-state index in [2.05, 4.69) is 21.5 Å². The van der Waals surface area contributed by atoms with Gasteiger partial charge >= 0.3 is 0 Å². The SMILES string of the molecule is CN1CCCCC1Cn1c(=S)[nH]c2cc(Cl)ccc21. The lowest BCUT2D eigenvalue weighted by Gasteiger charge is -2.32. The molecule has 0 saturated carbocycles. The third kappa shape index (κ3) is 2.57. The smallest absolute Gasteiger partial charge is 0.178 e. The van der Waals surface area contributed by atoms with E-state index in [1.54, 1.807) is 0 Å². The standard InChI is InChI=1S/C14H18ClN3S/c1-17-7-3-2-4-11(17)9-18-13-6-5-10(15)8-12(13)16-14(18)19/h5-6,8,11H,2-4,7,9H2,1H3,(H,16,19). The highest BCUT2D eigenvalue weighted by Gasteiger charge is 2.20. The Morgan fingerprint density at radius 1 is 1.42 bits per heavy atom. The highest BCUT2D eigenvalue weighted by molar-refractivity contribution is 7.71. The number of piperidine rings is 1. The van der Waals surface area contributed by atoms with Crippen molar-refractivity contribution in [2.75, 3.05) is 13.6 Å². The first-order valence-electron chi connectivity index (χ1n) is 6.73. The van der Waals surface area contributed by atoms with E-state index in [0.717, 1.165) is 27.4 Å². The number of benzene rings is 1. The first kappa shape index (κ1) is 13.2. The Labute approximate surface area is 123 Å². The molecule has 2 aromatic rings. The number of hydrogen-bond donors (Lipinski definition) is 1. The largest absolute Gasteiger partial charge is 0.331 e. The molecule has 1 fully saturated rings. The van der Waals surface area contributed by atoms with Gasteiger partial charge in [0.2, 0.25) is 0 Å². The molecule has 0 amide bonds. The second kappa shape index (κ2) is 5.27. The van der Waals surface area contributed by atoms with E-state index in [1.807, 2.05) is 18.2 Å². The number of nitrogens with one attached hydrogen (secondary N) is 1. The summed E-state index contributed by atoms with van der Waals surface area (Å²) in [5, 5.41) is 0.741. The number of likely N-dealkylation sites (N-methyl/N-ethyl adjacent to an activating group) is 1. The number of rotatable bonds is 2. The first-order valence-corrected chi connectivity index (χ1v) is 7.52. The Balaban J connectivity index is 1.96. The van der Waals surface area contributed by atoms with E-state index in [9.17, 15) is 0 Å². The predicted octanol–water partition coefficient (Wildman–Crippen LogP) is 3.84. The maximum absolute atomic E-state index is 6.02. The summed E-state index contributed by atoms with van der Waals surface area (Å²) in [6, 6.07) is 6.49. The number of nitrogens with zero attached hydrogens (tertiary/aromatic N) is 2. The van der Waals surface area contributed by atoms with E-state index in [-0.39, 0.29) is 0 Å². The lowest BCUT2D eigenvalue weighted by Crippen LogP contribution is -2.39. The monoisotopic (exact) mass is 295 g/mol. The van der Waals surface area contributed by atoms with Crippen LogP contribution in [0, 0.1) is 4.77 Å². The lowest BCUT2D eigenvalue weighted by molar-refractivity contribution is 0.168. The molecule has 1 aliphatic rings. The van der Waals surface area contributed by atoms with Crippen molar-refractivity contribution in [2.24, 2.45) is 0 Å². The quantitative estimate of drug-likeness (QED) is 0.851. The van der Waals surface area contributed by atoms with Gasteiger partial charge in [0, 0.05) is 17.6 Å². The number of halogens is 1. The van der Waals surface area contributed by atoms with Gasteiger partial charge in [0.15, 0.2) is 4.77 Å². The molecule has 2 heterocycles. The summed E-state index contributed by atoms with van der Waals surface area (Å²) in [4.78, 5) is 5.69. The molecular weight excluding hydrogens is 278 g/mol. The number of hydrogen-bond acceptors (Lipinski definition) is 2. The molecule has 1 aromatic carbocycles. The van der Waals surface area contributed by atoms with Crippen molar-refractivity contribution in [1.29, 1.82) is 0 Å². The summed E-state index contributed by atoms with van der Waals surface area (Å²) in [5.74, 6) is 0. The molecule has 19 heavy (non-hydrogen) atoms. The number of likely N-dealkylation sites (tertiary alicyclic amines) is 1. The highest BCUT2D eigenvalue weighted by Crippen LogP contribution is 2.22. The van der Waals surface area contributed by atoms with E-state index in [0.29, 0.717) is 6.04 Å². The Bertz CT molecular complexity index is 646. The Morgan fingerprint density at radius 2 is 2.26 bits per heavy atom. The summed E-state index contributed by atoms with van der Waals surface area (Å²) in [6.07, 6.45) is 3.87. The van der Waals surface area contributed by atoms with Crippen molar-refractivity contribution in [3.05, 3.63) is 28.0 Å². The maximum Gasteiger partial charge on any atom is 0.178 e. The number of aromatic amines is 1. The van der Waals surface area contributed by atoms with Gasteiger partial charge < -0.3 is 14.5 Å². The van der Waals surface area contributed by atoms with Crippen LogP contribution < -0.4 is 0 Å². The molecule has 0 aliphatic carbocycles. The third-order valence-electron chi connectivity index (χ3n) is 4.05. The Kier molecular flexibility index (Phi) is 3.65. The van der Waals surface area contributed by atoms with Crippen LogP contribution >= 0.6 is 23.8 Å². The molecule has 1 saturated heterocycles. The molecule has 1 N–H and O–H groups in total. The third-order valence-corrected chi connectivity index (χ3v) is 4.61. The average Bonchev–Trinajstić information content (AvgIpc) is 2.68. The summed E-state index contributed by atoms with van der Waals surface area (Å²) < 4.78 is 2.99. The topological polar surface area (TPSA) is 24.0 Å². The Morgan fingerprint density at radius 3 is 3.05 bits per heavy atom. The van der Waals surface area contributed by atoms with Crippen LogP contribution in [0.2, 0.25) is 5.02 Å². The molecule has 0 radical (unpaired) electrons. The first-order chi connectivity index (χ1) is 9.15. The normalized spacial score (nSPS) is 21.1. The molecule has 0 spiro atoms. The molecule has 1 unspecified atom stereocenters. The summed E-state index contributed by atoms with van der Waals surface area (Å²) in [5.41, 5.74) is 2.17. The number of aromatic nitrogens is 2. The fourth-order valence-electron chi connectivity index (χ4n) is 2.90. The van der Waals surface area contributed by atoms with E-state index in [4.69, 9.17) is 23.8 Å². The summed E-state index contributed by atoms with van der Waals surface area (Å²) >= 11 is 11.5. The van der Waals surface area contributed by atoms with E-state index in [1.165, 1.54) is 25.8 Å². The molecule has 3 nitrogen and oxygen atoms in total. The van der Waals surface area contributed by atoms with Crippen molar-refractivity contribution in [3.63, 3.8) is 0 Å². The van der Waals surface area contributed by atoms with Gasteiger partial charge in [0.1, 0.15) is 0 Å². The Hall–Kier alpha value is -0.840.